The first kappa shape index (κ1) is 14.5. The molecule has 1 aromatic carbocycles. The van der Waals surface area contributed by atoms with E-state index in [1.807, 2.05) is 0 Å². The van der Waals surface area contributed by atoms with Crippen LogP contribution in [0.25, 0.3) is 0 Å². The van der Waals surface area contributed by atoms with Gasteiger partial charge in [-0.15, -0.1) is 0 Å². The SMILES string of the molecule is CNc1ccc(S(=O)(=O)NCCCC(N)=O)cc1. The number of nitrogens with two attached hydrogens (primary N) is 1. The third-order valence-electron chi connectivity index (χ3n) is 2.35. The molecule has 0 saturated heterocycles. The highest BCUT2D eigenvalue weighted by atomic mass is 32.2. The van der Waals surface area contributed by atoms with Gasteiger partial charge in [-0.05, 0) is 30.7 Å². The fourth-order valence-electron chi connectivity index (χ4n) is 1.35. The van der Waals surface area contributed by atoms with Crippen LogP contribution in [0.2, 0.25) is 0 Å². The first-order valence-corrected chi connectivity index (χ1v) is 7.00. The molecule has 0 unspecified atom stereocenters. The van der Waals surface area contributed by atoms with Crippen molar-refractivity contribution in [2.45, 2.75) is 17.7 Å². The van der Waals surface area contributed by atoms with E-state index in [4.69, 9.17) is 5.73 Å². The van der Waals surface area contributed by atoms with Crippen molar-refractivity contribution in [1.29, 1.82) is 0 Å². The van der Waals surface area contributed by atoms with E-state index in [0.717, 1.165) is 5.69 Å². The van der Waals surface area contributed by atoms with Crippen molar-refractivity contribution in [3.8, 4) is 0 Å². The molecule has 0 aliphatic heterocycles. The normalized spacial score (nSPS) is 11.2. The van der Waals surface area contributed by atoms with E-state index in [2.05, 4.69) is 10.0 Å². The van der Waals surface area contributed by atoms with Gasteiger partial charge in [0.25, 0.3) is 0 Å². The second kappa shape index (κ2) is 6.36. The summed E-state index contributed by atoms with van der Waals surface area (Å²) >= 11 is 0. The van der Waals surface area contributed by atoms with Crippen LogP contribution in [-0.4, -0.2) is 27.9 Å². The fourth-order valence-corrected chi connectivity index (χ4v) is 2.43. The zero-order valence-electron chi connectivity index (χ0n) is 10.1. The molecule has 1 rings (SSSR count). The van der Waals surface area contributed by atoms with Crippen molar-refractivity contribution in [2.24, 2.45) is 5.73 Å². The van der Waals surface area contributed by atoms with Gasteiger partial charge in [0, 0.05) is 25.7 Å². The molecule has 6 nitrogen and oxygen atoms in total. The van der Waals surface area contributed by atoms with E-state index >= 15 is 0 Å². The number of sulfonamides is 1. The van der Waals surface area contributed by atoms with Gasteiger partial charge >= 0.3 is 0 Å². The molecule has 100 valence electrons. The molecule has 4 N–H and O–H groups in total. The number of carbonyl (C=O) groups is 1. The molecule has 18 heavy (non-hydrogen) atoms. The molecular formula is C11H17N3O3S. The number of carbonyl (C=O) groups excluding carboxylic acids is 1. The number of benzene rings is 1. The molecule has 0 aromatic heterocycles. The minimum atomic E-state index is -3.51. The Morgan fingerprint density at radius 3 is 2.39 bits per heavy atom. The molecular weight excluding hydrogens is 254 g/mol. The first-order valence-electron chi connectivity index (χ1n) is 5.51. The molecule has 0 fully saturated rings. The molecule has 0 heterocycles. The number of hydrogen-bond donors (Lipinski definition) is 3. The lowest BCUT2D eigenvalue weighted by atomic mass is 10.3. The number of hydrogen-bond acceptors (Lipinski definition) is 4. The predicted molar refractivity (Wildman–Crippen MR) is 69.6 cm³/mol. The lowest BCUT2D eigenvalue weighted by Gasteiger charge is -2.07. The highest BCUT2D eigenvalue weighted by Crippen LogP contribution is 2.13. The highest BCUT2D eigenvalue weighted by Gasteiger charge is 2.12. The highest BCUT2D eigenvalue weighted by molar-refractivity contribution is 7.89. The number of amides is 1. The Labute approximate surface area is 107 Å². The van der Waals surface area contributed by atoms with Crippen LogP contribution in [0.5, 0.6) is 0 Å². The van der Waals surface area contributed by atoms with Crippen LogP contribution in [0.1, 0.15) is 12.8 Å². The lowest BCUT2D eigenvalue weighted by molar-refractivity contribution is -0.118. The maximum absolute atomic E-state index is 11.8. The van der Waals surface area contributed by atoms with Gasteiger partial charge in [-0.1, -0.05) is 0 Å². The van der Waals surface area contributed by atoms with Crippen LogP contribution in [-0.2, 0) is 14.8 Å². The van der Waals surface area contributed by atoms with Crippen LogP contribution < -0.4 is 15.8 Å². The molecule has 7 heteroatoms. The average molecular weight is 271 g/mol. The van der Waals surface area contributed by atoms with Gasteiger partial charge in [-0.2, -0.15) is 0 Å². The van der Waals surface area contributed by atoms with E-state index in [1.54, 1.807) is 19.2 Å². The van der Waals surface area contributed by atoms with E-state index in [9.17, 15) is 13.2 Å². The minimum Gasteiger partial charge on any atom is -0.388 e. The molecule has 0 aliphatic carbocycles. The molecule has 1 amide bonds. The van der Waals surface area contributed by atoms with Gasteiger partial charge in [-0.25, -0.2) is 13.1 Å². The first-order chi connectivity index (χ1) is 8.45. The average Bonchev–Trinajstić information content (AvgIpc) is 2.34. The van der Waals surface area contributed by atoms with E-state index < -0.39 is 15.9 Å². The summed E-state index contributed by atoms with van der Waals surface area (Å²) in [7, 11) is -1.76. The predicted octanol–water partition coefficient (Wildman–Crippen LogP) is 0.272. The van der Waals surface area contributed by atoms with Gasteiger partial charge < -0.3 is 11.1 Å². The summed E-state index contributed by atoms with van der Waals surface area (Å²) in [5.74, 6) is -0.437. The maximum Gasteiger partial charge on any atom is 0.240 e. The number of nitrogens with one attached hydrogen (secondary N) is 2. The second-order valence-electron chi connectivity index (χ2n) is 3.74. The Hall–Kier alpha value is -1.60. The molecule has 0 spiro atoms. The Balaban J connectivity index is 2.59. The number of primary amides is 1. The van der Waals surface area contributed by atoms with E-state index in [1.165, 1.54) is 12.1 Å². The number of anilines is 1. The maximum atomic E-state index is 11.8. The summed E-state index contributed by atoms with van der Waals surface area (Å²) < 4.78 is 26.1. The molecule has 0 radical (unpaired) electrons. The summed E-state index contributed by atoms with van der Waals surface area (Å²) in [5.41, 5.74) is 5.80. The largest absolute Gasteiger partial charge is 0.388 e. The van der Waals surface area contributed by atoms with Crippen LogP contribution in [0.3, 0.4) is 0 Å². The van der Waals surface area contributed by atoms with Gasteiger partial charge in [-0.3, -0.25) is 4.79 Å². The topological polar surface area (TPSA) is 101 Å². The van der Waals surface area contributed by atoms with Gasteiger partial charge in [0.2, 0.25) is 15.9 Å². The standard InChI is InChI=1S/C11H17N3O3S/c1-13-9-4-6-10(7-5-9)18(16,17)14-8-2-3-11(12)15/h4-7,13-14H,2-3,8H2,1H3,(H2,12,15). The van der Waals surface area contributed by atoms with Crippen LogP contribution in [0.15, 0.2) is 29.2 Å². The van der Waals surface area contributed by atoms with Gasteiger partial charge in [0.05, 0.1) is 4.90 Å². The summed E-state index contributed by atoms with van der Waals surface area (Å²) in [6.45, 7) is 0.194. The quantitative estimate of drug-likeness (QED) is 0.620. The summed E-state index contributed by atoms with van der Waals surface area (Å²) in [6.07, 6.45) is 0.560. The van der Waals surface area contributed by atoms with E-state index in [-0.39, 0.29) is 17.9 Å². The summed E-state index contributed by atoms with van der Waals surface area (Å²) in [5, 5.41) is 2.90. The van der Waals surface area contributed by atoms with Gasteiger partial charge in [0.1, 0.15) is 0 Å². The van der Waals surface area contributed by atoms with Crippen molar-refractivity contribution in [3.63, 3.8) is 0 Å². The minimum absolute atomic E-state index is 0.168. The van der Waals surface area contributed by atoms with E-state index in [0.29, 0.717) is 6.42 Å². The summed E-state index contributed by atoms with van der Waals surface area (Å²) in [4.78, 5) is 10.7. The Morgan fingerprint density at radius 2 is 1.89 bits per heavy atom. The third kappa shape index (κ3) is 4.34. The molecule has 0 atom stereocenters. The lowest BCUT2D eigenvalue weighted by Crippen LogP contribution is -2.25. The Morgan fingerprint density at radius 1 is 1.28 bits per heavy atom. The molecule has 0 saturated carbocycles. The second-order valence-corrected chi connectivity index (χ2v) is 5.51. The zero-order valence-corrected chi connectivity index (χ0v) is 11.0. The third-order valence-corrected chi connectivity index (χ3v) is 3.82. The van der Waals surface area contributed by atoms with Crippen molar-refractivity contribution in [1.82, 2.24) is 4.72 Å². The van der Waals surface area contributed by atoms with Crippen molar-refractivity contribution < 1.29 is 13.2 Å². The van der Waals surface area contributed by atoms with Crippen molar-refractivity contribution in [2.75, 3.05) is 18.9 Å². The van der Waals surface area contributed by atoms with Crippen molar-refractivity contribution >= 4 is 21.6 Å². The van der Waals surface area contributed by atoms with Gasteiger partial charge in [0.15, 0.2) is 0 Å². The molecule has 0 aliphatic rings. The van der Waals surface area contributed by atoms with Crippen LogP contribution >= 0.6 is 0 Å². The van der Waals surface area contributed by atoms with Crippen molar-refractivity contribution in [3.05, 3.63) is 24.3 Å². The fraction of sp³-hybridized carbons (Fsp3) is 0.364. The number of rotatable bonds is 7. The molecule has 0 bridgehead atoms. The van der Waals surface area contributed by atoms with Crippen LogP contribution in [0, 0.1) is 0 Å². The molecule has 1 aromatic rings. The summed E-state index contributed by atoms with van der Waals surface area (Å²) in [6, 6.07) is 6.39. The Bertz CT molecular complexity index is 497. The zero-order chi connectivity index (χ0) is 13.6. The van der Waals surface area contributed by atoms with Crippen LogP contribution in [0.4, 0.5) is 5.69 Å². The smallest absolute Gasteiger partial charge is 0.240 e. The Kier molecular flexibility index (Phi) is 5.11. The monoisotopic (exact) mass is 271 g/mol.